The maximum absolute atomic E-state index is 8.67. The van der Waals surface area contributed by atoms with E-state index in [1.54, 1.807) is 12.1 Å². The van der Waals surface area contributed by atoms with Crippen LogP contribution in [0.5, 0.6) is 11.5 Å². The van der Waals surface area contributed by atoms with Gasteiger partial charge < -0.3 is 10.2 Å². The molecule has 0 unspecified atom stereocenters. The molecule has 1 rings (SSSR count). The van der Waals surface area contributed by atoms with Crippen LogP contribution in [0.1, 0.15) is 0 Å². The monoisotopic (exact) mass is 156 g/mol. The fourth-order valence-corrected chi connectivity index (χ4v) is 0.464. The van der Waals surface area contributed by atoms with Gasteiger partial charge >= 0.3 is 59.1 Å². The molecular formula is C6H6Na2O2+2. The molecule has 0 amide bonds. The number of rotatable bonds is 0. The van der Waals surface area contributed by atoms with Crippen LogP contribution in [0, 0.1) is 0 Å². The molecule has 2 N–H and O–H groups in total. The minimum absolute atomic E-state index is 0. The molecule has 0 spiro atoms. The fourth-order valence-electron chi connectivity index (χ4n) is 0.464. The third kappa shape index (κ3) is 3.86. The van der Waals surface area contributed by atoms with E-state index in [0.717, 1.165) is 0 Å². The molecule has 0 bridgehead atoms. The minimum atomic E-state index is -0.0764. The molecule has 0 atom stereocenters. The van der Waals surface area contributed by atoms with Crippen molar-refractivity contribution < 1.29 is 69.3 Å². The van der Waals surface area contributed by atoms with E-state index in [9.17, 15) is 0 Å². The first kappa shape index (κ1) is 13.4. The number of phenolic OH excluding ortho intramolecular Hbond substituents is 2. The molecule has 4 heteroatoms. The Morgan fingerprint density at radius 1 is 0.800 bits per heavy atom. The Kier molecular flexibility index (Phi) is 8.75. The number of phenols is 2. The van der Waals surface area contributed by atoms with Crippen LogP contribution in [-0.4, -0.2) is 10.2 Å². The van der Waals surface area contributed by atoms with Crippen LogP contribution < -0.4 is 59.1 Å². The van der Waals surface area contributed by atoms with E-state index >= 15 is 0 Å². The Hall–Kier alpha value is 0.820. The first-order chi connectivity index (χ1) is 3.80. The average molecular weight is 156 g/mol. The average Bonchev–Trinajstić information content (AvgIpc) is 1.77. The molecule has 0 aliphatic rings. The predicted octanol–water partition coefficient (Wildman–Crippen LogP) is -4.89. The molecule has 0 aromatic heterocycles. The first-order valence-electron chi connectivity index (χ1n) is 2.27. The summed E-state index contributed by atoms with van der Waals surface area (Å²) in [5.41, 5.74) is 0. The van der Waals surface area contributed by atoms with E-state index in [2.05, 4.69) is 0 Å². The van der Waals surface area contributed by atoms with Gasteiger partial charge in [0.05, 0.1) is 0 Å². The van der Waals surface area contributed by atoms with Crippen molar-refractivity contribution in [3.8, 4) is 11.5 Å². The maximum atomic E-state index is 8.67. The molecule has 0 radical (unpaired) electrons. The van der Waals surface area contributed by atoms with Crippen molar-refractivity contribution in [1.29, 1.82) is 0 Å². The summed E-state index contributed by atoms with van der Waals surface area (Å²) >= 11 is 0. The van der Waals surface area contributed by atoms with Gasteiger partial charge in [-0.05, 0) is 12.1 Å². The standard InChI is InChI=1S/C6H6O2.2Na/c7-5-3-1-2-4-6(5)8;;/h1-4,7-8H;;/q;2*+1. The van der Waals surface area contributed by atoms with Crippen molar-refractivity contribution in [3.63, 3.8) is 0 Å². The molecule has 42 valence electrons. The Labute approximate surface area is 104 Å². The quantitative estimate of drug-likeness (QED) is 0.292. The summed E-state index contributed by atoms with van der Waals surface area (Å²) in [7, 11) is 0. The second-order valence-corrected chi connectivity index (χ2v) is 1.49. The summed E-state index contributed by atoms with van der Waals surface area (Å²) in [6.07, 6.45) is 0. The summed E-state index contributed by atoms with van der Waals surface area (Å²) < 4.78 is 0. The van der Waals surface area contributed by atoms with E-state index in [1.807, 2.05) is 0 Å². The Bertz CT molecular complexity index is 170. The van der Waals surface area contributed by atoms with Crippen LogP contribution in [0.25, 0.3) is 0 Å². The smallest absolute Gasteiger partial charge is 0.504 e. The van der Waals surface area contributed by atoms with Crippen molar-refractivity contribution in [2.24, 2.45) is 0 Å². The summed E-state index contributed by atoms with van der Waals surface area (Å²) in [5.74, 6) is -0.153. The van der Waals surface area contributed by atoms with E-state index < -0.39 is 0 Å². The molecular weight excluding hydrogens is 150 g/mol. The van der Waals surface area contributed by atoms with Crippen LogP contribution in [-0.2, 0) is 0 Å². The van der Waals surface area contributed by atoms with Crippen molar-refractivity contribution in [1.82, 2.24) is 0 Å². The van der Waals surface area contributed by atoms with Gasteiger partial charge in [-0.2, -0.15) is 0 Å². The maximum Gasteiger partial charge on any atom is 1.00 e. The molecule has 0 aliphatic carbocycles. The van der Waals surface area contributed by atoms with Crippen molar-refractivity contribution in [2.75, 3.05) is 0 Å². The van der Waals surface area contributed by atoms with Crippen LogP contribution in [0.15, 0.2) is 24.3 Å². The van der Waals surface area contributed by atoms with Crippen molar-refractivity contribution >= 4 is 0 Å². The molecule has 0 saturated heterocycles. The number of para-hydroxylation sites is 2. The molecule has 0 saturated carbocycles. The fraction of sp³-hybridized carbons (Fsp3) is 0. The molecule has 0 aliphatic heterocycles. The minimum Gasteiger partial charge on any atom is -0.504 e. The number of hydrogen-bond acceptors (Lipinski definition) is 2. The van der Waals surface area contributed by atoms with Gasteiger partial charge in [0.1, 0.15) is 0 Å². The van der Waals surface area contributed by atoms with Crippen LogP contribution in [0.2, 0.25) is 0 Å². The van der Waals surface area contributed by atoms with Gasteiger partial charge in [-0.25, -0.2) is 0 Å². The Morgan fingerprint density at radius 3 is 1.30 bits per heavy atom. The summed E-state index contributed by atoms with van der Waals surface area (Å²) in [4.78, 5) is 0. The van der Waals surface area contributed by atoms with Crippen molar-refractivity contribution in [2.45, 2.75) is 0 Å². The van der Waals surface area contributed by atoms with E-state index in [1.165, 1.54) is 12.1 Å². The molecule has 1 aromatic carbocycles. The molecule has 0 fully saturated rings. The van der Waals surface area contributed by atoms with Crippen LogP contribution in [0.3, 0.4) is 0 Å². The van der Waals surface area contributed by atoms with E-state index in [-0.39, 0.29) is 70.6 Å². The number of aromatic hydroxyl groups is 2. The summed E-state index contributed by atoms with van der Waals surface area (Å²) in [5, 5.41) is 17.3. The van der Waals surface area contributed by atoms with Gasteiger partial charge in [-0.15, -0.1) is 0 Å². The molecule has 1 aromatic rings. The topological polar surface area (TPSA) is 40.5 Å². The Morgan fingerprint density at radius 2 is 1.10 bits per heavy atom. The van der Waals surface area contributed by atoms with Gasteiger partial charge in [0, 0.05) is 0 Å². The van der Waals surface area contributed by atoms with Gasteiger partial charge in [0.2, 0.25) is 0 Å². The van der Waals surface area contributed by atoms with Gasteiger partial charge in [0.15, 0.2) is 11.5 Å². The van der Waals surface area contributed by atoms with Crippen molar-refractivity contribution in [3.05, 3.63) is 24.3 Å². The van der Waals surface area contributed by atoms with Crippen LogP contribution >= 0.6 is 0 Å². The number of benzene rings is 1. The SMILES string of the molecule is Oc1ccccc1O.[Na+].[Na+]. The van der Waals surface area contributed by atoms with Crippen LogP contribution in [0.4, 0.5) is 0 Å². The summed E-state index contributed by atoms with van der Waals surface area (Å²) in [6, 6.07) is 6.15. The molecule has 10 heavy (non-hydrogen) atoms. The Balaban J connectivity index is 0. The second kappa shape index (κ2) is 6.53. The first-order valence-corrected chi connectivity index (χ1v) is 2.27. The number of hydrogen-bond donors (Lipinski definition) is 2. The second-order valence-electron chi connectivity index (χ2n) is 1.49. The third-order valence-electron chi connectivity index (χ3n) is 0.882. The predicted molar refractivity (Wildman–Crippen MR) is 29.8 cm³/mol. The largest absolute Gasteiger partial charge is 1.00 e. The zero-order valence-electron chi connectivity index (χ0n) is 6.20. The molecule has 2 nitrogen and oxygen atoms in total. The zero-order valence-corrected chi connectivity index (χ0v) is 10.2. The van der Waals surface area contributed by atoms with E-state index in [4.69, 9.17) is 10.2 Å². The zero-order chi connectivity index (χ0) is 5.98. The normalized spacial score (nSPS) is 7.20. The summed E-state index contributed by atoms with van der Waals surface area (Å²) in [6.45, 7) is 0. The van der Waals surface area contributed by atoms with Gasteiger partial charge in [0.25, 0.3) is 0 Å². The molecule has 0 heterocycles. The third-order valence-corrected chi connectivity index (χ3v) is 0.882. The van der Waals surface area contributed by atoms with Gasteiger partial charge in [-0.3, -0.25) is 0 Å². The van der Waals surface area contributed by atoms with Gasteiger partial charge in [-0.1, -0.05) is 12.1 Å². The van der Waals surface area contributed by atoms with E-state index in [0.29, 0.717) is 0 Å².